The van der Waals surface area contributed by atoms with Crippen molar-refractivity contribution in [3.8, 4) is 5.75 Å². The number of nitrogens with one attached hydrogen (secondary N) is 1. The summed E-state index contributed by atoms with van der Waals surface area (Å²) in [7, 11) is 0. The van der Waals surface area contributed by atoms with E-state index in [0.29, 0.717) is 13.2 Å². The van der Waals surface area contributed by atoms with Crippen LogP contribution in [0.1, 0.15) is 38.2 Å². The summed E-state index contributed by atoms with van der Waals surface area (Å²) in [6, 6.07) is 4.06. The number of ether oxygens (including phenoxy) is 1. The molecule has 3 nitrogen and oxygen atoms in total. The van der Waals surface area contributed by atoms with Crippen LogP contribution in [0.4, 0.5) is 0 Å². The molecular weight excluding hydrogens is 386 g/mol. The lowest BCUT2D eigenvalue weighted by Gasteiger charge is -2.28. The fourth-order valence-electron chi connectivity index (χ4n) is 2.78. The van der Waals surface area contributed by atoms with Crippen LogP contribution >= 0.6 is 31.9 Å². The molecule has 0 saturated heterocycles. The maximum absolute atomic E-state index is 9.66. The molecule has 1 aliphatic carbocycles. The third-order valence-corrected chi connectivity index (χ3v) is 4.94. The number of rotatable bonds is 6. The van der Waals surface area contributed by atoms with Crippen molar-refractivity contribution in [1.82, 2.24) is 5.32 Å². The highest BCUT2D eigenvalue weighted by Gasteiger charge is 2.32. The molecule has 1 aromatic carbocycles. The quantitative estimate of drug-likeness (QED) is 0.749. The zero-order chi connectivity index (χ0) is 14.6. The fraction of sp³-hybridized carbons (Fsp3) is 0.600. The van der Waals surface area contributed by atoms with E-state index >= 15 is 0 Å². The van der Waals surface area contributed by atoms with Crippen molar-refractivity contribution < 1.29 is 9.84 Å². The van der Waals surface area contributed by atoms with Gasteiger partial charge in [0, 0.05) is 22.1 Å². The van der Waals surface area contributed by atoms with Crippen molar-refractivity contribution in [2.45, 2.75) is 44.7 Å². The molecule has 0 bridgehead atoms. The van der Waals surface area contributed by atoms with Crippen LogP contribution in [-0.4, -0.2) is 23.9 Å². The molecule has 0 aromatic heterocycles. The van der Waals surface area contributed by atoms with Crippen molar-refractivity contribution in [2.24, 2.45) is 0 Å². The molecule has 0 amide bonds. The van der Waals surface area contributed by atoms with Gasteiger partial charge in [0.2, 0.25) is 0 Å². The van der Waals surface area contributed by atoms with Gasteiger partial charge in [0.05, 0.1) is 17.7 Å². The largest absolute Gasteiger partial charge is 0.492 e. The average molecular weight is 407 g/mol. The molecule has 5 heteroatoms. The summed E-state index contributed by atoms with van der Waals surface area (Å²) in [4.78, 5) is 0. The molecule has 0 atom stereocenters. The SMILES string of the molecule is CCOc1c(Br)cc(Br)cc1CNC1(CO)CCCC1. The molecule has 0 aliphatic heterocycles. The first-order chi connectivity index (χ1) is 9.60. The van der Waals surface area contributed by atoms with E-state index in [9.17, 15) is 5.11 Å². The average Bonchev–Trinajstić information content (AvgIpc) is 2.89. The number of halogens is 2. The Morgan fingerprint density at radius 2 is 2.00 bits per heavy atom. The molecule has 0 spiro atoms. The van der Waals surface area contributed by atoms with Crippen LogP contribution < -0.4 is 10.1 Å². The normalized spacial score (nSPS) is 17.4. The Morgan fingerprint density at radius 1 is 1.30 bits per heavy atom. The predicted molar refractivity (Wildman–Crippen MR) is 88.1 cm³/mol. The number of hydrogen-bond acceptors (Lipinski definition) is 3. The summed E-state index contributed by atoms with van der Waals surface area (Å²) >= 11 is 7.07. The third kappa shape index (κ3) is 3.75. The van der Waals surface area contributed by atoms with Gasteiger partial charge < -0.3 is 15.2 Å². The van der Waals surface area contributed by atoms with Crippen molar-refractivity contribution in [3.63, 3.8) is 0 Å². The van der Waals surface area contributed by atoms with Gasteiger partial charge in [-0.15, -0.1) is 0 Å². The highest BCUT2D eigenvalue weighted by Crippen LogP contribution is 2.34. The first kappa shape index (κ1) is 16.3. The Balaban J connectivity index is 2.15. The third-order valence-electron chi connectivity index (χ3n) is 3.89. The van der Waals surface area contributed by atoms with Crippen LogP contribution in [0.2, 0.25) is 0 Å². The van der Waals surface area contributed by atoms with Crippen LogP contribution in [0.15, 0.2) is 21.1 Å². The van der Waals surface area contributed by atoms with E-state index in [-0.39, 0.29) is 12.1 Å². The Labute approximate surface area is 137 Å². The van der Waals surface area contributed by atoms with E-state index in [1.165, 1.54) is 12.8 Å². The van der Waals surface area contributed by atoms with Crippen LogP contribution in [0.5, 0.6) is 5.75 Å². The van der Waals surface area contributed by atoms with E-state index in [4.69, 9.17) is 4.74 Å². The first-order valence-corrected chi connectivity index (χ1v) is 8.65. The van der Waals surface area contributed by atoms with Crippen molar-refractivity contribution in [3.05, 3.63) is 26.6 Å². The highest BCUT2D eigenvalue weighted by molar-refractivity contribution is 9.11. The molecule has 1 fully saturated rings. The fourth-order valence-corrected chi connectivity index (χ4v) is 4.20. The van der Waals surface area contributed by atoms with Gasteiger partial charge in [-0.05, 0) is 47.8 Å². The molecule has 1 aromatic rings. The molecular formula is C15H21Br2NO2. The van der Waals surface area contributed by atoms with Crippen LogP contribution in [0.3, 0.4) is 0 Å². The smallest absolute Gasteiger partial charge is 0.138 e. The summed E-state index contributed by atoms with van der Waals surface area (Å²) < 4.78 is 7.71. The predicted octanol–water partition coefficient (Wildman–Crippen LogP) is 4.01. The molecule has 2 N–H and O–H groups in total. The summed E-state index contributed by atoms with van der Waals surface area (Å²) in [5.74, 6) is 0.884. The van der Waals surface area contributed by atoms with Crippen LogP contribution in [0, 0.1) is 0 Å². The molecule has 0 unspecified atom stereocenters. The maximum Gasteiger partial charge on any atom is 0.138 e. The maximum atomic E-state index is 9.66. The lowest BCUT2D eigenvalue weighted by atomic mass is 9.98. The van der Waals surface area contributed by atoms with Gasteiger partial charge in [-0.2, -0.15) is 0 Å². The van der Waals surface area contributed by atoms with Gasteiger partial charge in [0.15, 0.2) is 0 Å². The second kappa shape index (κ2) is 7.25. The van der Waals surface area contributed by atoms with E-state index in [1.807, 2.05) is 13.0 Å². The number of hydrogen-bond donors (Lipinski definition) is 2. The number of aliphatic hydroxyl groups is 1. The Bertz CT molecular complexity index is 459. The molecule has 112 valence electrons. The van der Waals surface area contributed by atoms with E-state index in [1.54, 1.807) is 0 Å². The Hall–Kier alpha value is -0.100. The van der Waals surface area contributed by atoms with Gasteiger partial charge in [-0.25, -0.2) is 0 Å². The van der Waals surface area contributed by atoms with Gasteiger partial charge >= 0.3 is 0 Å². The lowest BCUT2D eigenvalue weighted by molar-refractivity contribution is 0.162. The molecule has 20 heavy (non-hydrogen) atoms. The minimum Gasteiger partial charge on any atom is -0.492 e. The van der Waals surface area contributed by atoms with Crippen molar-refractivity contribution in [2.75, 3.05) is 13.2 Å². The summed E-state index contributed by atoms with van der Waals surface area (Å²) in [5, 5.41) is 13.2. The molecule has 0 radical (unpaired) electrons. The summed E-state index contributed by atoms with van der Waals surface area (Å²) in [6.45, 7) is 3.52. The van der Waals surface area contributed by atoms with Gasteiger partial charge in [0.1, 0.15) is 5.75 Å². The number of aliphatic hydroxyl groups excluding tert-OH is 1. The van der Waals surface area contributed by atoms with Gasteiger partial charge in [-0.1, -0.05) is 28.8 Å². The zero-order valence-corrected chi connectivity index (χ0v) is 14.9. The minimum absolute atomic E-state index is 0.113. The summed E-state index contributed by atoms with van der Waals surface area (Å²) in [6.07, 6.45) is 4.47. The topological polar surface area (TPSA) is 41.5 Å². The molecule has 0 heterocycles. The number of benzene rings is 1. The van der Waals surface area contributed by atoms with Crippen molar-refractivity contribution in [1.29, 1.82) is 0 Å². The van der Waals surface area contributed by atoms with E-state index < -0.39 is 0 Å². The highest BCUT2D eigenvalue weighted by atomic mass is 79.9. The van der Waals surface area contributed by atoms with Crippen LogP contribution in [-0.2, 0) is 6.54 Å². The Kier molecular flexibility index (Phi) is 5.90. The van der Waals surface area contributed by atoms with E-state index in [0.717, 1.165) is 33.1 Å². The zero-order valence-electron chi connectivity index (χ0n) is 11.7. The molecule has 1 saturated carbocycles. The second-order valence-corrected chi connectivity index (χ2v) is 7.08. The summed E-state index contributed by atoms with van der Waals surface area (Å²) in [5.41, 5.74) is 0.992. The van der Waals surface area contributed by atoms with Gasteiger partial charge in [-0.3, -0.25) is 0 Å². The minimum atomic E-state index is -0.113. The molecule has 1 aliphatic rings. The first-order valence-electron chi connectivity index (χ1n) is 7.07. The monoisotopic (exact) mass is 405 g/mol. The second-order valence-electron chi connectivity index (χ2n) is 5.31. The van der Waals surface area contributed by atoms with E-state index in [2.05, 4.69) is 43.2 Å². The lowest BCUT2D eigenvalue weighted by Crippen LogP contribution is -2.45. The standard InChI is InChI=1S/C15H21Br2NO2/c1-2-20-14-11(7-12(16)8-13(14)17)9-18-15(10-19)5-3-4-6-15/h7-8,18-19H,2-6,9-10H2,1H3. The molecule has 2 rings (SSSR count). The van der Waals surface area contributed by atoms with Crippen LogP contribution in [0.25, 0.3) is 0 Å². The van der Waals surface area contributed by atoms with Crippen molar-refractivity contribution >= 4 is 31.9 Å². The van der Waals surface area contributed by atoms with Gasteiger partial charge in [0.25, 0.3) is 0 Å². The Morgan fingerprint density at radius 3 is 2.60 bits per heavy atom.